The first-order valence-electron chi connectivity index (χ1n) is 6.19. The van der Waals surface area contributed by atoms with Gasteiger partial charge in [0, 0.05) is 43.8 Å². The number of hydrogen-bond donors (Lipinski definition) is 1. The molecule has 5 nitrogen and oxygen atoms in total. The molecule has 2 heterocycles. The van der Waals surface area contributed by atoms with Gasteiger partial charge in [0.15, 0.2) is 0 Å². The van der Waals surface area contributed by atoms with E-state index >= 15 is 0 Å². The van der Waals surface area contributed by atoms with Gasteiger partial charge >= 0.3 is 5.69 Å². The maximum atomic E-state index is 11.9. The molecule has 0 saturated heterocycles. The summed E-state index contributed by atoms with van der Waals surface area (Å²) in [4.78, 5) is 24.7. The highest BCUT2D eigenvalue weighted by molar-refractivity contribution is 7.16. The molecule has 0 fully saturated rings. The maximum Gasteiger partial charge on any atom is 0.330 e. The van der Waals surface area contributed by atoms with Crippen LogP contribution in [0.5, 0.6) is 0 Å². The lowest BCUT2D eigenvalue weighted by molar-refractivity contribution is 0.631. The van der Waals surface area contributed by atoms with Crippen molar-refractivity contribution in [1.29, 1.82) is 0 Å². The van der Waals surface area contributed by atoms with Gasteiger partial charge in [-0.3, -0.25) is 9.36 Å². The number of halogens is 1. The number of aryl methyl sites for hydroxylation is 1. The van der Waals surface area contributed by atoms with E-state index in [9.17, 15) is 9.59 Å². The molecule has 2 aromatic rings. The molecule has 108 valence electrons. The molecule has 20 heavy (non-hydrogen) atoms. The lowest BCUT2D eigenvalue weighted by Crippen LogP contribution is -2.39. The van der Waals surface area contributed by atoms with Crippen molar-refractivity contribution in [3.05, 3.63) is 53.9 Å². The SMILES string of the molecule is Cn1cc(CNCCc2ccc(Cl)s2)c(=O)n(C)c1=O. The first-order valence-corrected chi connectivity index (χ1v) is 7.39. The van der Waals surface area contributed by atoms with Gasteiger partial charge in [0.05, 0.1) is 4.34 Å². The van der Waals surface area contributed by atoms with Crippen LogP contribution in [0.3, 0.4) is 0 Å². The van der Waals surface area contributed by atoms with Gasteiger partial charge in [-0.25, -0.2) is 4.79 Å². The van der Waals surface area contributed by atoms with Crippen LogP contribution in [-0.4, -0.2) is 15.7 Å². The number of hydrogen-bond acceptors (Lipinski definition) is 4. The molecule has 0 spiro atoms. The van der Waals surface area contributed by atoms with E-state index in [1.165, 1.54) is 16.5 Å². The molecule has 0 amide bonds. The Kier molecular flexibility index (Phi) is 4.80. The highest BCUT2D eigenvalue weighted by Crippen LogP contribution is 2.21. The Bertz CT molecular complexity index is 717. The molecular formula is C13H16ClN3O2S. The molecule has 0 saturated carbocycles. The monoisotopic (exact) mass is 313 g/mol. The van der Waals surface area contributed by atoms with Gasteiger partial charge in [-0.15, -0.1) is 11.3 Å². The van der Waals surface area contributed by atoms with Crippen molar-refractivity contribution in [3.8, 4) is 0 Å². The summed E-state index contributed by atoms with van der Waals surface area (Å²) in [6.07, 6.45) is 2.45. The van der Waals surface area contributed by atoms with Crippen LogP contribution in [0.4, 0.5) is 0 Å². The van der Waals surface area contributed by atoms with Gasteiger partial charge in [-0.1, -0.05) is 11.6 Å². The van der Waals surface area contributed by atoms with Gasteiger partial charge in [0.1, 0.15) is 0 Å². The van der Waals surface area contributed by atoms with E-state index in [4.69, 9.17) is 11.6 Å². The normalized spacial score (nSPS) is 10.9. The second-order valence-electron chi connectivity index (χ2n) is 4.54. The van der Waals surface area contributed by atoms with Crippen LogP contribution in [0.2, 0.25) is 4.34 Å². The van der Waals surface area contributed by atoms with E-state index in [0.717, 1.165) is 21.9 Å². The Balaban J connectivity index is 1.95. The van der Waals surface area contributed by atoms with Gasteiger partial charge < -0.3 is 9.88 Å². The van der Waals surface area contributed by atoms with Gasteiger partial charge in [0.2, 0.25) is 0 Å². The maximum absolute atomic E-state index is 11.9. The molecule has 0 aliphatic rings. The molecule has 0 radical (unpaired) electrons. The predicted molar refractivity (Wildman–Crippen MR) is 81.7 cm³/mol. The minimum Gasteiger partial charge on any atom is -0.312 e. The molecule has 0 aliphatic carbocycles. The summed E-state index contributed by atoms with van der Waals surface area (Å²) in [6, 6.07) is 3.88. The Morgan fingerprint density at radius 2 is 2.05 bits per heavy atom. The van der Waals surface area contributed by atoms with Gasteiger partial charge in [-0.2, -0.15) is 0 Å². The number of thiophene rings is 1. The van der Waals surface area contributed by atoms with Gasteiger partial charge in [-0.05, 0) is 18.6 Å². The summed E-state index contributed by atoms with van der Waals surface area (Å²) >= 11 is 7.42. The Labute approximate surface area is 125 Å². The first kappa shape index (κ1) is 15.0. The molecule has 0 atom stereocenters. The van der Waals surface area contributed by atoms with Crippen molar-refractivity contribution in [2.24, 2.45) is 14.1 Å². The average Bonchev–Trinajstić information content (AvgIpc) is 2.83. The molecular weight excluding hydrogens is 298 g/mol. The third-order valence-corrected chi connectivity index (χ3v) is 4.30. The summed E-state index contributed by atoms with van der Waals surface area (Å²) in [5, 5.41) is 3.21. The zero-order chi connectivity index (χ0) is 14.7. The van der Waals surface area contributed by atoms with Crippen molar-refractivity contribution in [2.45, 2.75) is 13.0 Å². The lowest BCUT2D eigenvalue weighted by Gasteiger charge is -2.07. The second kappa shape index (κ2) is 6.39. The van der Waals surface area contributed by atoms with E-state index in [1.807, 2.05) is 12.1 Å². The second-order valence-corrected chi connectivity index (χ2v) is 6.34. The third-order valence-electron chi connectivity index (χ3n) is 3.01. The van der Waals surface area contributed by atoms with Crippen molar-refractivity contribution in [3.63, 3.8) is 0 Å². The van der Waals surface area contributed by atoms with Crippen LogP contribution in [0.25, 0.3) is 0 Å². The van der Waals surface area contributed by atoms with E-state index in [0.29, 0.717) is 12.1 Å². The minimum atomic E-state index is -0.313. The number of aromatic nitrogens is 2. The Morgan fingerprint density at radius 1 is 1.30 bits per heavy atom. The standard InChI is InChI=1S/C13H16ClN3O2S/c1-16-8-9(12(18)17(2)13(16)19)7-15-6-5-10-3-4-11(14)20-10/h3-4,8,15H,5-7H2,1-2H3. The van der Waals surface area contributed by atoms with Crippen LogP contribution in [0.15, 0.2) is 27.9 Å². The summed E-state index contributed by atoms with van der Waals surface area (Å²) in [7, 11) is 3.13. The first-order chi connectivity index (χ1) is 9.49. The smallest absolute Gasteiger partial charge is 0.312 e. The fraction of sp³-hybridized carbons (Fsp3) is 0.385. The van der Waals surface area contributed by atoms with Crippen LogP contribution in [0, 0.1) is 0 Å². The molecule has 2 rings (SSSR count). The van der Waals surface area contributed by atoms with E-state index in [1.54, 1.807) is 24.6 Å². The molecule has 0 aromatic carbocycles. The zero-order valence-corrected chi connectivity index (χ0v) is 12.9. The van der Waals surface area contributed by atoms with Crippen molar-refractivity contribution in [1.82, 2.24) is 14.5 Å². The van der Waals surface area contributed by atoms with Crippen LogP contribution >= 0.6 is 22.9 Å². The van der Waals surface area contributed by atoms with E-state index < -0.39 is 0 Å². The van der Waals surface area contributed by atoms with Crippen molar-refractivity contribution < 1.29 is 0 Å². The molecule has 0 bridgehead atoms. The number of nitrogens with one attached hydrogen (secondary N) is 1. The lowest BCUT2D eigenvalue weighted by atomic mass is 10.3. The fourth-order valence-electron chi connectivity index (χ4n) is 1.93. The molecule has 7 heteroatoms. The molecule has 0 unspecified atom stereocenters. The number of nitrogens with zero attached hydrogens (tertiary/aromatic N) is 2. The molecule has 0 aliphatic heterocycles. The fourth-order valence-corrected chi connectivity index (χ4v) is 3.01. The molecule has 1 N–H and O–H groups in total. The topological polar surface area (TPSA) is 56.0 Å². The zero-order valence-electron chi connectivity index (χ0n) is 11.4. The quantitative estimate of drug-likeness (QED) is 0.842. The van der Waals surface area contributed by atoms with Gasteiger partial charge in [0.25, 0.3) is 5.56 Å². The van der Waals surface area contributed by atoms with Crippen molar-refractivity contribution >= 4 is 22.9 Å². The predicted octanol–water partition coefficient (Wildman–Crippen LogP) is 1.13. The average molecular weight is 314 g/mol. The van der Waals surface area contributed by atoms with Crippen LogP contribution < -0.4 is 16.6 Å². The van der Waals surface area contributed by atoms with Crippen molar-refractivity contribution in [2.75, 3.05) is 6.54 Å². The minimum absolute atomic E-state index is 0.250. The largest absolute Gasteiger partial charge is 0.330 e. The van der Waals surface area contributed by atoms with Crippen LogP contribution in [-0.2, 0) is 27.1 Å². The highest BCUT2D eigenvalue weighted by Gasteiger charge is 2.06. The van der Waals surface area contributed by atoms with Crippen LogP contribution in [0.1, 0.15) is 10.4 Å². The summed E-state index contributed by atoms with van der Waals surface area (Å²) in [5.74, 6) is 0. The van der Waals surface area contributed by atoms with E-state index in [-0.39, 0.29) is 11.2 Å². The van der Waals surface area contributed by atoms with E-state index in [2.05, 4.69) is 5.32 Å². The number of rotatable bonds is 5. The third kappa shape index (κ3) is 3.39. The highest BCUT2D eigenvalue weighted by atomic mass is 35.5. The summed E-state index contributed by atoms with van der Waals surface area (Å²) in [6.45, 7) is 1.20. The Morgan fingerprint density at radius 3 is 2.70 bits per heavy atom. The Hall–Kier alpha value is -1.37. The summed E-state index contributed by atoms with van der Waals surface area (Å²) in [5.41, 5.74) is 0.0190. The summed E-state index contributed by atoms with van der Waals surface area (Å²) < 4.78 is 3.32. The molecule has 2 aromatic heterocycles.